The molecule has 1 atom stereocenters. The number of fused-ring (bicyclic) bond motifs is 3. The van der Waals surface area contributed by atoms with Gasteiger partial charge in [-0.15, -0.1) is 0 Å². The summed E-state index contributed by atoms with van der Waals surface area (Å²) in [6.07, 6.45) is 1.50. The maximum Gasteiger partial charge on any atom is 0.282 e. The van der Waals surface area contributed by atoms with Crippen LogP contribution in [0.1, 0.15) is 5.56 Å². The number of para-hydroxylation sites is 1. The zero-order chi connectivity index (χ0) is 10.3. The van der Waals surface area contributed by atoms with E-state index in [1.54, 1.807) is 0 Å². The van der Waals surface area contributed by atoms with Gasteiger partial charge in [0.05, 0.1) is 11.3 Å². The number of benzene rings is 1. The molecule has 0 aliphatic carbocycles. The number of hydrogen-bond donors (Lipinski definition) is 2. The molecule has 5 nitrogen and oxygen atoms in total. The van der Waals surface area contributed by atoms with E-state index >= 15 is 0 Å². The Morgan fingerprint density at radius 3 is 3.00 bits per heavy atom. The van der Waals surface area contributed by atoms with E-state index in [2.05, 4.69) is 15.4 Å². The monoisotopic (exact) mass is 236 g/mol. The number of carbonyl (C=O) groups is 1. The number of amides is 1. The van der Waals surface area contributed by atoms with Crippen LogP contribution < -0.4 is 22.7 Å². The topological polar surface area (TPSA) is 58.3 Å². The fourth-order valence-electron chi connectivity index (χ4n) is 1.79. The van der Waals surface area contributed by atoms with Crippen LogP contribution in [-0.4, -0.2) is 24.6 Å². The lowest BCUT2D eigenvalue weighted by Crippen LogP contribution is -3.10. The number of amidine groups is 1. The zero-order valence-electron chi connectivity index (χ0n) is 8.27. The van der Waals surface area contributed by atoms with Crippen molar-refractivity contribution in [3.05, 3.63) is 29.8 Å². The quantitative estimate of drug-likeness (QED) is 0.478. The van der Waals surface area contributed by atoms with Crippen molar-refractivity contribution in [3.8, 4) is 0 Å². The van der Waals surface area contributed by atoms with Crippen molar-refractivity contribution in [3.63, 3.8) is 0 Å². The summed E-state index contributed by atoms with van der Waals surface area (Å²) >= 11 is 0. The van der Waals surface area contributed by atoms with Crippen molar-refractivity contribution in [1.29, 1.82) is 0 Å². The Bertz CT molecular complexity index is 497. The minimum absolute atomic E-state index is 0. The molecule has 0 saturated heterocycles. The summed E-state index contributed by atoms with van der Waals surface area (Å²) in [7, 11) is 0. The highest BCUT2D eigenvalue weighted by molar-refractivity contribution is 6.08. The lowest BCUT2D eigenvalue weighted by atomic mass is 10.1. The minimum atomic E-state index is -0.0401. The molecule has 1 aromatic rings. The van der Waals surface area contributed by atoms with Crippen LogP contribution in [0.2, 0.25) is 0 Å². The molecule has 0 aromatic heterocycles. The second-order valence-electron chi connectivity index (χ2n) is 3.44. The van der Waals surface area contributed by atoms with Crippen LogP contribution in [0.3, 0.4) is 0 Å². The highest BCUT2D eigenvalue weighted by Crippen LogP contribution is 2.16. The molecule has 0 radical (unpaired) electrons. The Hall–Kier alpha value is -1.72. The number of hydrogen-bond acceptors (Lipinski definition) is 3. The van der Waals surface area contributed by atoms with Gasteiger partial charge in [0.2, 0.25) is 0 Å². The van der Waals surface area contributed by atoms with Crippen molar-refractivity contribution in [2.45, 2.75) is 0 Å². The first-order chi connectivity index (χ1) is 7.34. The molecule has 2 heterocycles. The van der Waals surface area contributed by atoms with Crippen LogP contribution in [0.4, 0.5) is 5.69 Å². The number of rotatable bonds is 0. The van der Waals surface area contributed by atoms with Crippen molar-refractivity contribution in [2.24, 2.45) is 10.1 Å². The van der Waals surface area contributed by atoms with Crippen molar-refractivity contribution >= 4 is 23.8 Å². The predicted molar refractivity (Wildman–Crippen MR) is 55.9 cm³/mol. The summed E-state index contributed by atoms with van der Waals surface area (Å²) in [6.45, 7) is 0.296. The third-order valence-electron chi connectivity index (χ3n) is 2.46. The molecule has 0 fully saturated rings. The molecule has 3 rings (SSSR count). The van der Waals surface area contributed by atoms with E-state index in [9.17, 15) is 4.79 Å². The van der Waals surface area contributed by atoms with Gasteiger partial charge in [-0.2, -0.15) is 10.0 Å². The maximum atomic E-state index is 11.5. The maximum absolute atomic E-state index is 11.5. The number of carbonyl (C=O) groups excluding carboxylic acids is 1. The van der Waals surface area contributed by atoms with Crippen LogP contribution >= 0.6 is 0 Å². The standard InChI is InChI=1S/C10H8N4O.ClH/c15-9-5-14-10(11-6-12-14)7-3-1-2-4-8(7)13-9;/h1-4,6H,5H2,(H,13,15);1H. The number of quaternary nitrogens is 1. The van der Waals surface area contributed by atoms with Gasteiger partial charge in [-0.25, -0.2) is 0 Å². The molecule has 2 N–H and O–H groups in total. The van der Waals surface area contributed by atoms with E-state index in [4.69, 9.17) is 0 Å². The molecule has 1 unspecified atom stereocenters. The fourth-order valence-corrected chi connectivity index (χ4v) is 1.79. The molecule has 2 aliphatic heterocycles. The van der Waals surface area contributed by atoms with Gasteiger partial charge in [-0.1, -0.05) is 17.2 Å². The second kappa shape index (κ2) is 4.03. The van der Waals surface area contributed by atoms with Gasteiger partial charge in [-0.05, 0) is 12.1 Å². The average molecular weight is 237 g/mol. The van der Waals surface area contributed by atoms with E-state index in [0.717, 1.165) is 22.1 Å². The van der Waals surface area contributed by atoms with E-state index in [-0.39, 0.29) is 18.3 Å². The summed E-state index contributed by atoms with van der Waals surface area (Å²) in [4.78, 5) is 15.7. The number of nitrogens with zero attached hydrogens (tertiary/aromatic N) is 2. The van der Waals surface area contributed by atoms with Crippen LogP contribution in [0.15, 0.2) is 34.4 Å². The Labute approximate surface area is 98.3 Å². The first-order valence-electron chi connectivity index (χ1n) is 4.70. The van der Waals surface area contributed by atoms with Gasteiger partial charge in [0.15, 0.2) is 12.9 Å². The largest absolute Gasteiger partial charge is 1.00 e. The lowest BCUT2D eigenvalue weighted by molar-refractivity contribution is -0.799. The molecule has 1 aromatic carbocycles. The molecule has 1 amide bonds. The summed E-state index contributed by atoms with van der Waals surface area (Å²) in [5.41, 5.74) is 1.75. The third-order valence-corrected chi connectivity index (χ3v) is 2.46. The summed E-state index contributed by atoms with van der Waals surface area (Å²) in [6, 6.07) is 7.63. The first-order valence-corrected chi connectivity index (χ1v) is 4.70. The normalized spacial score (nSPS) is 21.1. The number of aliphatic imine (C=N–C) groups is 1. The molecule has 2 aliphatic rings. The van der Waals surface area contributed by atoms with Crippen LogP contribution in [-0.2, 0) is 4.79 Å². The van der Waals surface area contributed by atoms with E-state index in [1.165, 1.54) is 6.34 Å². The summed E-state index contributed by atoms with van der Waals surface area (Å²) in [5, 5.41) is 7.68. The Kier molecular flexibility index (Phi) is 2.72. The van der Waals surface area contributed by atoms with Gasteiger partial charge in [0.1, 0.15) is 0 Å². The van der Waals surface area contributed by atoms with Gasteiger partial charge in [0, 0.05) is 0 Å². The third kappa shape index (κ3) is 1.60. The number of nitrogens with one attached hydrogen (secondary N) is 2. The highest BCUT2D eigenvalue weighted by atomic mass is 35.5. The number of halogens is 1. The Morgan fingerprint density at radius 1 is 1.31 bits per heavy atom. The van der Waals surface area contributed by atoms with Gasteiger partial charge >= 0.3 is 0 Å². The summed E-state index contributed by atoms with van der Waals surface area (Å²) < 4.78 is 0. The SMILES string of the molecule is O=C1C[NH+]2N=CN=C2c2ccccc2N1.[Cl-]. The molecule has 82 valence electrons. The first kappa shape index (κ1) is 10.8. The van der Waals surface area contributed by atoms with Crippen LogP contribution in [0.5, 0.6) is 0 Å². The lowest BCUT2D eigenvalue weighted by Gasteiger charge is -2.04. The molecule has 16 heavy (non-hydrogen) atoms. The van der Waals surface area contributed by atoms with Crippen molar-refractivity contribution in [2.75, 3.05) is 11.9 Å². The molecular weight excluding hydrogens is 228 g/mol. The van der Waals surface area contributed by atoms with Crippen molar-refractivity contribution in [1.82, 2.24) is 0 Å². The fraction of sp³-hybridized carbons (Fsp3) is 0.100. The number of anilines is 1. The zero-order valence-corrected chi connectivity index (χ0v) is 9.03. The van der Waals surface area contributed by atoms with Crippen LogP contribution in [0.25, 0.3) is 0 Å². The molecule has 0 spiro atoms. The molecule has 0 bridgehead atoms. The van der Waals surface area contributed by atoms with E-state index in [0.29, 0.717) is 6.54 Å². The molecule has 6 heteroatoms. The van der Waals surface area contributed by atoms with Crippen LogP contribution in [0, 0.1) is 0 Å². The highest BCUT2D eigenvalue weighted by Gasteiger charge is 2.31. The second-order valence-corrected chi connectivity index (χ2v) is 3.44. The average Bonchev–Trinajstić information content (AvgIpc) is 2.62. The predicted octanol–water partition coefficient (Wildman–Crippen LogP) is -3.77. The molecule has 0 saturated carbocycles. The summed E-state index contributed by atoms with van der Waals surface area (Å²) in [5.74, 6) is 0.769. The van der Waals surface area contributed by atoms with Crippen molar-refractivity contribution < 1.29 is 22.2 Å². The Balaban J connectivity index is 0.000000963. The Morgan fingerprint density at radius 2 is 2.12 bits per heavy atom. The smallest absolute Gasteiger partial charge is 0.282 e. The minimum Gasteiger partial charge on any atom is -1.00 e. The van der Waals surface area contributed by atoms with Gasteiger partial charge in [-0.3, -0.25) is 4.79 Å². The molecular formula is C10H9ClN4O. The van der Waals surface area contributed by atoms with E-state index in [1.807, 2.05) is 24.3 Å². The van der Waals surface area contributed by atoms with Gasteiger partial charge in [0.25, 0.3) is 11.7 Å². The van der Waals surface area contributed by atoms with E-state index < -0.39 is 0 Å². The van der Waals surface area contributed by atoms with Gasteiger partial charge < -0.3 is 17.7 Å².